The quantitative estimate of drug-likeness (QED) is 0.471. The van der Waals surface area contributed by atoms with Crippen LogP contribution in [0, 0.1) is 16.0 Å². The van der Waals surface area contributed by atoms with Gasteiger partial charge in [0.1, 0.15) is 6.26 Å². The second-order valence-corrected chi connectivity index (χ2v) is 8.56. The summed E-state index contributed by atoms with van der Waals surface area (Å²) in [6, 6.07) is 6.05. The standard InChI is InChI=1S/C20H24Cl2N4O2.HNO3/c21-16-2-1-3-17(18(16)22)26-9-7-25(8-10-26)6-4-14-12-15(13-14)24-19(27)20-23-5-11-28-20;2-1(3)4/h1-3,5,11,14-15H,4,6-10,12-13H2,(H,24,27);(H,2,3,4)/t14-,15-;. The summed E-state index contributed by atoms with van der Waals surface area (Å²) >= 11 is 12.5. The van der Waals surface area contributed by atoms with Crippen LogP contribution in [0.3, 0.4) is 0 Å². The van der Waals surface area contributed by atoms with Gasteiger partial charge in [0.15, 0.2) is 0 Å². The van der Waals surface area contributed by atoms with E-state index in [0.29, 0.717) is 16.0 Å². The van der Waals surface area contributed by atoms with Crippen molar-refractivity contribution in [1.29, 1.82) is 0 Å². The van der Waals surface area contributed by atoms with Gasteiger partial charge >= 0.3 is 5.91 Å². The van der Waals surface area contributed by atoms with Crippen LogP contribution in [0.5, 0.6) is 0 Å². The minimum Gasteiger partial charge on any atom is -0.441 e. The van der Waals surface area contributed by atoms with Crippen LogP contribution in [-0.2, 0) is 0 Å². The first kappa shape index (κ1) is 24.1. The number of piperazine rings is 1. The second-order valence-electron chi connectivity index (χ2n) is 7.77. The molecule has 0 radical (unpaired) electrons. The minimum atomic E-state index is -1.50. The summed E-state index contributed by atoms with van der Waals surface area (Å²) < 4.78 is 5.02. The van der Waals surface area contributed by atoms with Gasteiger partial charge in [0.2, 0.25) is 0 Å². The molecular formula is C20H25Cl2N5O5. The van der Waals surface area contributed by atoms with E-state index in [1.165, 1.54) is 18.9 Å². The summed E-state index contributed by atoms with van der Waals surface area (Å²) in [7, 11) is 0. The predicted molar refractivity (Wildman–Crippen MR) is 119 cm³/mol. The molecule has 1 amide bonds. The maximum atomic E-state index is 11.9. The highest BCUT2D eigenvalue weighted by molar-refractivity contribution is 6.43. The smallest absolute Gasteiger partial charge is 0.307 e. The molecule has 12 heteroatoms. The van der Waals surface area contributed by atoms with Gasteiger partial charge in [-0.05, 0) is 43.9 Å². The van der Waals surface area contributed by atoms with Crippen molar-refractivity contribution in [3.63, 3.8) is 0 Å². The van der Waals surface area contributed by atoms with Crippen molar-refractivity contribution in [2.45, 2.75) is 25.3 Å². The summed E-state index contributed by atoms with van der Waals surface area (Å²) in [5, 5.41) is 17.9. The minimum absolute atomic E-state index is 0.140. The Balaban J connectivity index is 0.000000668. The number of nitrogens with zero attached hydrogens (tertiary/aromatic N) is 4. The molecule has 1 aromatic heterocycles. The second kappa shape index (κ2) is 11.3. The van der Waals surface area contributed by atoms with Crippen molar-refractivity contribution in [3.05, 3.63) is 56.7 Å². The molecule has 10 nitrogen and oxygen atoms in total. The van der Waals surface area contributed by atoms with Crippen molar-refractivity contribution >= 4 is 34.8 Å². The first-order valence-corrected chi connectivity index (χ1v) is 11.0. The van der Waals surface area contributed by atoms with E-state index in [1.807, 2.05) is 18.2 Å². The highest BCUT2D eigenvalue weighted by Crippen LogP contribution is 2.33. The Morgan fingerprint density at radius 3 is 2.59 bits per heavy atom. The Labute approximate surface area is 195 Å². The van der Waals surface area contributed by atoms with Crippen LogP contribution in [0.25, 0.3) is 0 Å². The molecule has 1 aliphatic heterocycles. The Hall–Kier alpha value is -2.56. The average molecular weight is 486 g/mol. The highest BCUT2D eigenvalue weighted by atomic mass is 35.5. The summed E-state index contributed by atoms with van der Waals surface area (Å²) in [5.74, 6) is 0.598. The van der Waals surface area contributed by atoms with Crippen molar-refractivity contribution in [2.24, 2.45) is 5.92 Å². The third kappa shape index (κ3) is 6.72. The van der Waals surface area contributed by atoms with Crippen molar-refractivity contribution in [3.8, 4) is 0 Å². The first-order valence-electron chi connectivity index (χ1n) is 10.3. The van der Waals surface area contributed by atoms with E-state index in [1.54, 1.807) is 0 Å². The van der Waals surface area contributed by atoms with Crippen molar-refractivity contribution in [1.82, 2.24) is 15.2 Å². The Morgan fingerprint density at radius 1 is 1.28 bits per heavy atom. The number of oxazole rings is 1. The van der Waals surface area contributed by atoms with Gasteiger partial charge in [-0.25, -0.2) is 4.98 Å². The number of rotatable bonds is 6. The van der Waals surface area contributed by atoms with Crippen LogP contribution in [0.4, 0.5) is 5.69 Å². The van der Waals surface area contributed by atoms with Gasteiger partial charge < -0.3 is 19.8 Å². The zero-order chi connectivity index (χ0) is 23.1. The van der Waals surface area contributed by atoms with Crippen molar-refractivity contribution < 1.29 is 19.5 Å². The molecule has 0 spiro atoms. The number of carbonyl (C=O) groups is 1. The third-order valence-corrected chi connectivity index (χ3v) is 6.50. The van der Waals surface area contributed by atoms with Crippen LogP contribution in [0.1, 0.15) is 29.9 Å². The molecule has 0 bridgehead atoms. The number of amides is 1. The number of aromatic nitrogens is 1. The van der Waals surface area contributed by atoms with E-state index in [-0.39, 0.29) is 17.8 Å². The van der Waals surface area contributed by atoms with Crippen LogP contribution in [-0.4, -0.2) is 64.9 Å². The number of benzene rings is 1. The number of halogens is 2. The molecule has 2 aromatic rings. The fourth-order valence-electron chi connectivity index (χ4n) is 3.99. The lowest BCUT2D eigenvalue weighted by molar-refractivity contribution is -0.742. The van der Waals surface area contributed by atoms with Crippen LogP contribution >= 0.6 is 23.2 Å². The van der Waals surface area contributed by atoms with E-state index in [4.69, 9.17) is 42.9 Å². The first-order chi connectivity index (χ1) is 15.3. The lowest BCUT2D eigenvalue weighted by Gasteiger charge is -2.39. The molecule has 2 fully saturated rings. The van der Waals surface area contributed by atoms with Crippen LogP contribution in [0.15, 0.2) is 35.1 Å². The van der Waals surface area contributed by atoms with Crippen molar-refractivity contribution in [2.75, 3.05) is 37.6 Å². The maximum Gasteiger partial charge on any atom is 0.307 e. The lowest BCUT2D eigenvalue weighted by atomic mass is 9.78. The van der Waals surface area contributed by atoms with E-state index in [0.717, 1.165) is 51.3 Å². The van der Waals surface area contributed by atoms with Crippen LogP contribution in [0.2, 0.25) is 10.0 Å². The molecule has 2 N–H and O–H groups in total. The van der Waals surface area contributed by atoms with Gasteiger partial charge in [-0.1, -0.05) is 29.3 Å². The number of anilines is 1. The molecule has 174 valence electrons. The van der Waals surface area contributed by atoms with Gasteiger partial charge in [-0.15, -0.1) is 10.1 Å². The maximum absolute atomic E-state index is 11.9. The molecule has 2 aliphatic rings. The molecule has 0 atom stereocenters. The molecule has 2 heterocycles. The SMILES string of the molecule is O=C(N[C@H]1C[C@H](CCN2CCN(c3cccc(Cl)c3Cl)CC2)C1)c1ncco1.O=[N+]([O-])O. The number of nitrogens with one attached hydrogen (secondary N) is 1. The van der Waals surface area contributed by atoms with E-state index >= 15 is 0 Å². The van der Waals surface area contributed by atoms with Gasteiger partial charge in [-0.2, -0.15) is 0 Å². The van der Waals surface area contributed by atoms with Gasteiger partial charge in [0, 0.05) is 32.2 Å². The molecule has 1 saturated carbocycles. The largest absolute Gasteiger partial charge is 0.441 e. The topological polar surface area (TPSA) is 125 Å². The zero-order valence-corrected chi connectivity index (χ0v) is 18.8. The molecule has 32 heavy (non-hydrogen) atoms. The number of carbonyl (C=O) groups excluding carboxylic acids is 1. The van der Waals surface area contributed by atoms with E-state index in [9.17, 15) is 4.79 Å². The van der Waals surface area contributed by atoms with Gasteiger partial charge in [0.05, 0.1) is 21.9 Å². The average Bonchev–Trinajstić information content (AvgIpc) is 3.27. The predicted octanol–water partition coefficient (Wildman–Crippen LogP) is 3.35. The van der Waals surface area contributed by atoms with Gasteiger partial charge in [0.25, 0.3) is 11.0 Å². The normalized spacial score (nSPS) is 20.6. The van der Waals surface area contributed by atoms with Crippen LogP contribution < -0.4 is 10.2 Å². The monoisotopic (exact) mass is 485 g/mol. The summed E-state index contributed by atoms with van der Waals surface area (Å²) in [6.45, 7) is 5.07. The fourth-order valence-corrected chi connectivity index (χ4v) is 4.40. The molecule has 1 aromatic carbocycles. The Bertz CT molecular complexity index is 896. The Morgan fingerprint density at radius 2 is 1.97 bits per heavy atom. The third-order valence-electron chi connectivity index (χ3n) is 5.70. The lowest BCUT2D eigenvalue weighted by Crippen LogP contribution is -2.48. The van der Waals surface area contributed by atoms with E-state index < -0.39 is 5.09 Å². The molecule has 1 aliphatic carbocycles. The fraction of sp³-hybridized carbons (Fsp3) is 0.500. The highest BCUT2D eigenvalue weighted by Gasteiger charge is 2.31. The Kier molecular flexibility index (Phi) is 8.54. The summed E-state index contributed by atoms with van der Waals surface area (Å²) in [4.78, 5) is 29.0. The van der Waals surface area contributed by atoms with E-state index in [2.05, 4.69) is 20.1 Å². The summed E-state index contributed by atoms with van der Waals surface area (Å²) in [6.07, 6.45) is 6.13. The number of hydrogen-bond acceptors (Lipinski definition) is 7. The molecule has 0 unspecified atom stereocenters. The zero-order valence-electron chi connectivity index (χ0n) is 17.3. The van der Waals surface area contributed by atoms with Gasteiger partial charge in [-0.3, -0.25) is 9.69 Å². The summed E-state index contributed by atoms with van der Waals surface area (Å²) in [5.41, 5.74) is 1.03. The molecule has 4 rings (SSSR count). The molecule has 1 saturated heterocycles. The number of hydrogen-bond donors (Lipinski definition) is 2. The molecular weight excluding hydrogens is 461 g/mol.